The predicted octanol–water partition coefficient (Wildman–Crippen LogP) is 5.59. The molecule has 12 heteroatoms. The van der Waals surface area contributed by atoms with Crippen LogP contribution < -0.4 is 4.74 Å². The Bertz CT molecular complexity index is 783. The Hall–Kier alpha value is -2.11. The monoisotopic (exact) mass is 448 g/mol. The van der Waals surface area contributed by atoms with Gasteiger partial charge in [-0.05, 0) is 36.3 Å². The van der Waals surface area contributed by atoms with Crippen LogP contribution >= 0.6 is 0 Å². The van der Waals surface area contributed by atoms with E-state index in [0.717, 1.165) is 18.2 Å². The summed E-state index contributed by atoms with van der Waals surface area (Å²) in [5, 5.41) is -0.363. The van der Waals surface area contributed by atoms with E-state index in [1.54, 1.807) is 13.1 Å². The minimum atomic E-state index is -6.68. The molecule has 0 atom stereocenters. The maximum atomic E-state index is 13.4. The van der Waals surface area contributed by atoms with E-state index in [0.29, 0.717) is 0 Å². The fraction of sp³-hybridized carbons (Fsp3) is 0.529. The van der Waals surface area contributed by atoms with Crippen LogP contribution in [0.3, 0.4) is 0 Å². The van der Waals surface area contributed by atoms with E-state index in [1.165, 1.54) is 6.07 Å². The SMILES string of the molecule is CC(C)(C)[Si](C)(C)OC(=O)c1cccc(OC(=O)C(F)(F)C(F)(F)C(F)(F)F)c1. The lowest BCUT2D eigenvalue weighted by Crippen LogP contribution is -2.57. The van der Waals surface area contributed by atoms with Crippen molar-refractivity contribution in [3.63, 3.8) is 0 Å². The van der Waals surface area contributed by atoms with Crippen LogP contribution in [-0.2, 0) is 9.22 Å². The number of hydrogen-bond acceptors (Lipinski definition) is 4. The minimum absolute atomic E-state index is 0.258. The smallest absolute Gasteiger partial charge is 0.460 e. The van der Waals surface area contributed by atoms with Crippen LogP contribution in [0, 0.1) is 0 Å². The second-order valence-corrected chi connectivity index (χ2v) is 12.4. The van der Waals surface area contributed by atoms with Gasteiger partial charge in [0.1, 0.15) is 5.75 Å². The highest BCUT2D eigenvalue weighted by atomic mass is 28.4. The van der Waals surface area contributed by atoms with Gasteiger partial charge in [0.15, 0.2) is 0 Å². The van der Waals surface area contributed by atoms with Gasteiger partial charge in [-0.1, -0.05) is 26.8 Å². The molecule has 0 aliphatic rings. The number of carbonyl (C=O) groups excluding carboxylic acids is 2. The lowest BCUT2D eigenvalue weighted by molar-refractivity contribution is -0.346. The second kappa shape index (κ2) is 7.61. The number of benzene rings is 1. The van der Waals surface area contributed by atoms with Crippen LogP contribution in [0.4, 0.5) is 30.7 Å². The highest BCUT2D eigenvalue weighted by Crippen LogP contribution is 2.47. The normalized spacial score (nSPS) is 13.8. The van der Waals surface area contributed by atoms with Gasteiger partial charge in [0, 0.05) is 0 Å². The summed E-state index contributed by atoms with van der Waals surface area (Å²) in [5.74, 6) is -17.6. The third kappa shape index (κ3) is 5.09. The van der Waals surface area contributed by atoms with E-state index in [1.807, 2.05) is 20.8 Å². The second-order valence-electron chi connectivity index (χ2n) is 7.71. The number of hydrogen-bond donors (Lipinski definition) is 0. The van der Waals surface area contributed by atoms with Crippen molar-refractivity contribution in [2.24, 2.45) is 0 Å². The lowest BCUT2D eigenvalue weighted by Gasteiger charge is -2.35. The molecule has 0 radical (unpaired) electrons. The number of alkyl halides is 7. The number of rotatable bonds is 5. The van der Waals surface area contributed by atoms with Crippen LogP contribution in [-0.4, -0.2) is 38.3 Å². The topological polar surface area (TPSA) is 52.6 Å². The molecule has 0 aromatic heterocycles. The van der Waals surface area contributed by atoms with Gasteiger partial charge in [-0.25, -0.2) is 9.59 Å². The highest BCUT2D eigenvalue weighted by Gasteiger charge is 2.77. The van der Waals surface area contributed by atoms with E-state index < -0.39 is 44.0 Å². The molecule has 0 bridgehead atoms. The molecule has 0 aliphatic heterocycles. The summed E-state index contributed by atoms with van der Waals surface area (Å²) < 4.78 is 98.5. The summed E-state index contributed by atoms with van der Waals surface area (Å²) >= 11 is 0. The minimum Gasteiger partial charge on any atom is -0.516 e. The molecule has 0 spiro atoms. The summed E-state index contributed by atoms with van der Waals surface area (Å²) in [7, 11) is -2.58. The molecule has 0 aliphatic carbocycles. The molecule has 1 aromatic rings. The molecule has 4 nitrogen and oxygen atoms in total. The van der Waals surface area contributed by atoms with E-state index in [4.69, 9.17) is 4.43 Å². The van der Waals surface area contributed by atoms with Gasteiger partial charge >= 0.3 is 30.0 Å². The van der Waals surface area contributed by atoms with E-state index in [-0.39, 0.29) is 10.6 Å². The van der Waals surface area contributed by atoms with Crippen molar-refractivity contribution in [1.82, 2.24) is 0 Å². The first kappa shape index (κ1) is 24.9. The third-order valence-electron chi connectivity index (χ3n) is 4.44. The Morgan fingerprint density at radius 3 is 1.90 bits per heavy atom. The molecule has 164 valence electrons. The van der Waals surface area contributed by atoms with Crippen molar-refractivity contribution < 1.29 is 49.5 Å². The lowest BCUT2D eigenvalue weighted by atomic mass is 10.1. The maximum Gasteiger partial charge on any atom is 0.460 e. The van der Waals surface area contributed by atoms with Gasteiger partial charge in [0.25, 0.3) is 8.32 Å². The molecule has 0 heterocycles. The van der Waals surface area contributed by atoms with Crippen LogP contribution in [0.15, 0.2) is 24.3 Å². The first-order chi connectivity index (χ1) is 12.7. The van der Waals surface area contributed by atoms with E-state index in [9.17, 15) is 40.3 Å². The molecule has 0 saturated heterocycles. The van der Waals surface area contributed by atoms with Crippen LogP contribution in [0.1, 0.15) is 31.1 Å². The van der Waals surface area contributed by atoms with Crippen molar-refractivity contribution in [2.45, 2.75) is 56.9 Å². The Labute approximate surface area is 163 Å². The molecule has 1 rings (SSSR count). The van der Waals surface area contributed by atoms with Crippen molar-refractivity contribution in [2.75, 3.05) is 0 Å². The molecule has 0 amide bonds. The molecule has 0 N–H and O–H groups in total. The number of esters is 1. The van der Waals surface area contributed by atoms with Crippen LogP contribution in [0.5, 0.6) is 5.75 Å². The standard InChI is InChI=1S/C17H19F7O4Si/c1-14(2,3)29(4,5)28-12(25)10-7-6-8-11(9-10)27-13(26)15(18,19)16(20,21)17(22,23)24/h6-9H,1-5H3. The average molecular weight is 448 g/mol. The number of halogens is 7. The van der Waals surface area contributed by atoms with Gasteiger partial charge < -0.3 is 9.16 Å². The first-order valence-corrected chi connectivity index (χ1v) is 11.0. The van der Waals surface area contributed by atoms with Gasteiger partial charge in [-0.2, -0.15) is 30.7 Å². The van der Waals surface area contributed by atoms with Gasteiger partial charge in [-0.3, -0.25) is 0 Å². The average Bonchev–Trinajstić information content (AvgIpc) is 2.52. The van der Waals surface area contributed by atoms with Crippen molar-refractivity contribution in [1.29, 1.82) is 0 Å². The molecular weight excluding hydrogens is 429 g/mol. The molecule has 0 saturated carbocycles. The predicted molar refractivity (Wildman–Crippen MR) is 90.6 cm³/mol. The Balaban J connectivity index is 3.08. The van der Waals surface area contributed by atoms with Gasteiger partial charge in [-0.15, -0.1) is 0 Å². The molecule has 0 fully saturated rings. The Kier molecular flexibility index (Phi) is 6.54. The maximum absolute atomic E-state index is 13.4. The summed E-state index contributed by atoms with van der Waals surface area (Å²) in [4.78, 5) is 23.6. The zero-order valence-corrected chi connectivity index (χ0v) is 17.1. The number of ether oxygens (including phenoxy) is 1. The fourth-order valence-corrected chi connectivity index (χ4v) is 2.50. The zero-order valence-electron chi connectivity index (χ0n) is 16.1. The highest BCUT2D eigenvalue weighted by molar-refractivity contribution is 6.75. The van der Waals surface area contributed by atoms with Crippen molar-refractivity contribution >= 4 is 20.3 Å². The largest absolute Gasteiger partial charge is 0.516 e. The van der Waals surface area contributed by atoms with E-state index >= 15 is 0 Å². The summed E-state index contributed by atoms with van der Waals surface area (Å²) in [6.45, 7) is 9.01. The third-order valence-corrected chi connectivity index (χ3v) is 8.75. The Morgan fingerprint density at radius 1 is 0.931 bits per heavy atom. The van der Waals surface area contributed by atoms with Crippen LogP contribution in [0.25, 0.3) is 0 Å². The van der Waals surface area contributed by atoms with Crippen molar-refractivity contribution in [3.05, 3.63) is 29.8 Å². The Morgan fingerprint density at radius 2 is 1.45 bits per heavy atom. The van der Waals surface area contributed by atoms with E-state index in [2.05, 4.69) is 4.74 Å². The molecular formula is C17H19F7O4Si. The molecule has 1 aromatic carbocycles. The van der Waals surface area contributed by atoms with Gasteiger partial charge in [0.05, 0.1) is 5.56 Å². The summed E-state index contributed by atoms with van der Waals surface area (Å²) in [6.07, 6.45) is -6.68. The fourth-order valence-electron chi connectivity index (χ4n) is 1.61. The quantitative estimate of drug-likeness (QED) is 0.255. The first-order valence-electron chi connectivity index (χ1n) is 8.12. The zero-order chi connectivity index (χ0) is 23.1. The summed E-state index contributed by atoms with van der Waals surface area (Å²) in [5.41, 5.74) is -0.258. The summed E-state index contributed by atoms with van der Waals surface area (Å²) in [6, 6.07) is 3.80. The van der Waals surface area contributed by atoms with Crippen LogP contribution in [0.2, 0.25) is 18.1 Å². The number of carbonyl (C=O) groups is 2. The molecule has 29 heavy (non-hydrogen) atoms. The van der Waals surface area contributed by atoms with Crippen molar-refractivity contribution in [3.8, 4) is 5.75 Å². The molecule has 0 unspecified atom stereocenters. The van der Waals surface area contributed by atoms with Gasteiger partial charge in [0.2, 0.25) is 0 Å².